The van der Waals surface area contributed by atoms with E-state index in [2.05, 4.69) is 5.32 Å². The molecule has 1 fully saturated rings. The van der Waals surface area contributed by atoms with Crippen molar-refractivity contribution < 1.29 is 14.0 Å². The van der Waals surface area contributed by atoms with Gasteiger partial charge in [0.15, 0.2) is 0 Å². The number of nitrogens with one attached hydrogen (secondary N) is 1. The van der Waals surface area contributed by atoms with Crippen LogP contribution in [0, 0.1) is 16.3 Å². The summed E-state index contributed by atoms with van der Waals surface area (Å²) in [6.07, 6.45) is 2.02. The number of aryl methyl sites for hydroxylation is 2. The Morgan fingerprint density at radius 1 is 1.00 bits per heavy atom. The van der Waals surface area contributed by atoms with Gasteiger partial charge in [0, 0.05) is 34.7 Å². The Bertz CT molecular complexity index is 2290. The number of amides is 2. The number of imide groups is 1. The van der Waals surface area contributed by atoms with Crippen molar-refractivity contribution in [3.63, 3.8) is 0 Å². The molecular formula is C35H31FIN5O5. The summed E-state index contributed by atoms with van der Waals surface area (Å²) >= 11 is 1.98. The van der Waals surface area contributed by atoms with Crippen LogP contribution in [0.3, 0.4) is 0 Å². The molecule has 0 radical (unpaired) electrons. The van der Waals surface area contributed by atoms with Crippen molar-refractivity contribution in [2.75, 3.05) is 10.2 Å². The normalized spacial score (nSPS) is 12.7. The molecular weight excluding hydrogens is 716 g/mol. The van der Waals surface area contributed by atoms with E-state index in [4.69, 9.17) is 0 Å². The number of benzene rings is 3. The smallest absolute Gasteiger partial charge is 0.336 e. The summed E-state index contributed by atoms with van der Waals surface area (Å²) in [6.45, 7) is 4.79. The van der Waals surface area contributed by atoms with Crippen molar-refractivity contribution >= 4 is 62.5 Å². The van der Waals surface area contributed by atoms with Gasteiger partial charge in [0.05, 0.1) is 22.6 Å². The SMILES string of the molecule is CCc1ccc(C(=O)N(C(C)=O)c2cccc(-n3c(=O)n(C4CC4)c(=O)c4c(Nc5ccc(I)cc5F)n(C)c(=O)c(C)c43)c2)cc1. The van der Waals surface area contributed by atoms with Crippen LogP contribution in [0.4, 0.5) is 21.6 Å². The fraction of sp³-hybridized carbons (Fsp3) is 0.229. The predicted molar refractivity (Wildman–Crippen MR) is 188 cm³/mol. The average Bonchev–Trinajstić information content (AvgIpc) is 3.88. The average molecular weight is 748 g/mol. The first kappa shape index (κ1) is 32.1. The number of carbonyl (C=O) groups excluding carboxylic acids is 2. The molecule has 0 unspecified atom stereocenters. The Balaban J connectivity index is 1.61. The summed E-state index contributed by atoms with van der Waals surface area (Å²) in [4.78, 5) is 69.5. The van der Waals surface area contributed by atoms with Crippen LogP contribution < -0.4 is 27.0 Å². The molecule has 2 heterocycles. The lowest BCUT2D eigenvalue weighted by Crippen LogP contribution is -2.41. The maximum absolute atomic E-state index is 15.0. The molecule has 1 saturated carbocycles. The van der Waals surface area contributed by atoms with Crippen molar-refractivity contribution in [3.05, 3.63) is 124 Å². The lowest BCUT2D eigenvalue weighted by molar-refractivity contribution is -0.115. The fourth-order valence-electron chi connectivity index (χ4n) is 5.80. The van der Waals surface area contributed by atoms with Gasteiger partial charge in [0.1, 0.15) is 17.0 Å². The second-order valence-corrected chi connectivity index (χ2v) is 12.8. The third-order valence-electron chi connectivity index (χ3n) is 8.41. The molecule has 1 N–H and O–H groups in total. The Morgan fingerprint density at radius 2 is 1.70 bits per heavy atom. The maximum atomic E-state index is 15.0. The molecule has 1 aliphatic rings. The minimum absolute atomic E-state index is 0.0231. The third-order valence-corrected chi connectivity index (χ3v) is 9.08. The largest absolute Gasteiger partial charge is 0.338 e. The predicted octanol–water partition coefficient (Wildman–Crippen LogP) is 5.74. The zero-order valence-electron chi connectivity index (χ0n) is 26.1. The summed E-state index contributed by atoms with van der Waals surface area (Å²) in [5, 5.41) is 2.97. The van der Waals surface area contributed by atoms with E-state index in [1.54, 1.807) is 36.4 Å². The summed E-state index contributed by atoms with van der Waals surface area (Å²) < 4.78 is 19.4. The van der Waals surface area contributed by atoms with Gasteiger partial charge in [-0.3, -0.25) is 32.9 Å². The lowest BCUT2D eigenvalue weighted by atomic mass is 10.1. The van der Waals surface area contributed by atoms with Crippen molar-refractivity contribution in [2.24, 2.45) is 7.05 Å². The van der Waals surface area contributed by atoms with E-state index in [1.165, 1.54) is 48.2 Å². The Morgan fingerprint density at radius 3 is 2.32 bits per heavy atom. The summed E-state index contributed by atoms with van der Waals surface area (Å²) in [6, 6.07) is 17.4. The van der Waals surface area contributed by atoms with Gasteiger partial charge in [0.2, 0.25) is 5.91 Å². The van der Waals surface area contributed by atoms with E-state index in [0.29, 0.717) is 22.0 Å². The number of hydrogen-bond donors (Lipinski definition) is 1. The second-order valence-electron chi connectivity index (χ2n) is 11.6. The number of aromatic nitrogens is 3. The quantitative estimate of drug-likeness (QED) is 0.213. The van der Waals surface area contributed by atoms with Crippen molar-refractivity contribution in [3.8, 4) is 5.69 Å². The molecule has 240 valence electrons. The van der Waals surface area contributed by atoms with Crippen LogP contribution in [0.2, 0.25) is 0 Å². The first-order chi connectivity index (χ1) is 22.4. The van der Waals surface area contributed by atoms with Gasteiger partial charge in [-0.15, -0.1) is 0 Å². The Kier molecular flexibility index (Phi) is 8.47. The number of rotatable bonds is 7. The minimum Gasteiger partial charge on any atom is -0.338 e. The van der Waals surface area contributed by atoms with Gasteiger partial charge < -0.3 is 5.32 Å². The molecule has 0 saturated heterocycles. The summed E-state index contributed by atoms with van der Waals surface area (Å²) in [5.74, 6) is -1.65. The molecule has 2 amide bonds. The molecule has 0 atom stereocenters. The van der Waals surface area contributed by atoms with E-state index in [-0.39, 0.29) is 45.4 Å². The fourth-order valence-corrected chi connectivity index (χ4v) is 6.25. The van der Waals surface area contributed by atoms with E-state index in [9.17, 15) is 24.0 Å². The first-order valence-electron chi connectivity index (χ1n) is 15.1. The van der Waals surface area contributed by atoms with Crippen LogP contribution in [0.25, 0.3) is 16.6 Å². The minimum atomic E-state index is -0.666. The highest BCUT2D eigenvalue weighted by molar-refractivity contribution is 14.1. The molecule has 5 aromatic rings. The standard InChI is InChI=1S/C35H31FIN5O5/c1-5-21-9-11-22(12-10-21)33(45)40(20(3)43)25-7-6-8-26(18-25)41-30-19(2)32(44)39(4)31(38-28-16-13-23(37)17-27(28)36)29(30)34(46)42(35(41)47)24-14-15-24/h6-13,16-18,24,38H,5,14-15H2,1-4H3. The lowest BCUT2D eigenvalue weighted by Gasteiger charge is -2.23. The molecule has 0 aliphatic heterocycles. The van der Waals surface area contributed by atoms with Crippen LogP contribution in [0.1, 0.15) is 54.2 Å². The molecule has 6 rings (SSSR count). The van der Waals surface area contributed by atoms with Gasteiger partial charge in [-0.2, -0.15) is 0 Å². The van der Waals surface area contributed by atoms with Gasteiger partial charge in [-0.05, 0) is 103 Å². The van der Waals surface area contributed by atoms with Crippen LogP contribution in [-0.2, 0) is 18.3 Å². The van der Waals surface area contributed by atoms with E-state index >= 15 is 4.39 Å². The number of carbonyl (C=O) groups is 2. The molecule has 0 bridgehead atoms. The van der Waals surface area contributed by atoms with Crippen LogP contribution in [0.5, 0.6) is 0 Å². The monoisotopic (exact) mass is 747 g/mol. The van der Waals surface area contributed by atoms with E-state index in [1.807, 2.05) is 41.6 Å². The molecule has 10 nitrogen and oxygen atoms in total. The van der Waals surface area contributed by atoms with Crippen molar-refractivity contribution in [1.82, 2.24) is 13.7 Å². The molecule has 0 spiro atoms. The number of hydrogen-bond acceptors (Lipinski definition) is 6. The van der Waals surface area contributed by atoms with Gasteiger partial charge in [-0.25, -0.2) is 14.1 Å². The third kappa shape index (κ3) is 5.70. The first-order valence-corrected chi connectivity index (χ1v) is 16.2. The molecule has 2 aromatic heterocycles. The molecule has 3 aromatic carbocycles. The molecule has 1 aliphatic carbocycles. The summed E-state index contributed by atoms with van der Waals surface area (Å²) in [5.41, 5.74) is 0.208. The number of halogens is 2. The van der Waals surface area contributed by atoms with Gasteiger partial charge in [-0.1, -0.05) is 25.1 Å². The zero-order valence-corrected chi connectivity index (χ0v) is 28.3. The topological polar surface area (TPSA) is 115 Å². The summed E-state index contributed by atoms with van der Waals surface area (Å²) in [7, 11) is 1.47. The number of anilines is 3. The molecule has 12 heteroatoms. The van der Waals surface area contributed by atoms with E-state index < -0.39 is 34.4 Å². The second kappa shape index (κ2) is 12.4. The van der Waals surface area contributed by atoms with Gasteiger partial charge >= 0.3 is 5.69 Å². The highest BCUT2D eigenvalue weighted by atomic mass is 127. The van der Waals surface area contributed by atoms with Crippen molar-refractivity contribution in [1.29, 1.82) is 0 Å². The number of pyridine rings is 1. The number of fused-ring (bicyclic) bond motifs is 1. The Labute approximate surface area is 282 Å². The highest BCUT2D eigenvalue weighted by Gasteiger charge is 2.32. The van der Waals surface area contributed by atoms with Crippen molar-refractivity contribution in [2.45, 2.75) is 46.1 Å². The van der Waals surface area contributed by atoms with Crippen LogP contribution in [0.15, 0.2) is 81.1 Å². The maximum Gasteiger partial charge on any atom is 0.336 e. The Hall–Kier alpha value is -4.85. The van der Waals surface area contributed by atoms with E-state index in [0.717, 1.165) is 21.5 Å². The molecule has 47 heavy (non-hydrogen) atoms. The van der Waals surface area contributed by atoms with Crippen LogP contribution >= 0.6 is 22.6 Å². The van der Waals surface area contributed by atoms with Crippen LogP contribution in [-0.4, -0.2) is 25.5 Å². The highest BCUT2D eigenvalue weighted by Crippen LogP contribution is 2.34. The number of nitrogens with zero attached hydrogens (tertiary/aromatic N) is 4. The van der Waals surface area contributed by atoms with Gasteiger partial charge in [0.25, 0.3) is 17.0 Å². The zero-order chi connectivity index (χ0) is 33.7.